The van der Waals surface area contributed by atoms with Crippen LogP contribution in [0.4, 0.5) is 5.69 Å². The Kier molecular flexibility index (Phi) is 5.12. The zero-order chi connectivity index (χ0) is 19.5. The molecule has 4 rings (SSSR count). The summed E-state index contributed by atoms with van der Waals surface area (Å²) in [5, 5.41) is 12.8. The molecule has 0 aliphatic heterocycles. The first-order valence-corrected chi connectivity index (χ1v) is 9.87. The summed E-state index contributed by atoms with van der Waals surface area (Å²) >= 11 is 1.25. The number of aromatic nitrogens is 4. The van der Waals surface area contributed by atoms with E-state index in [1.54, 1.807) is 6.07 Å². The fourth-order valence-corrected chi connectivity index (χ4v) is 3.59. The number of amides is 1. The number of carbonyl (C=O) groups is 1. The second-order valence-corrected chi connectivity index (χ2v) is 7.08. The summed E-state index contributed by atoms with van der Waals surface area (Å²) in [4.78, 5) is 16.9. The Bertz CT molecular complexity index is 1160. The molecule has 1 N–H and O–H groups in total. The highest BCUT2D eigenvalue weighted by Crippen LogP contribution is 2.26. The summed E-state index contributed by atoms with van der Waals surface area (Å²) in [6, 6.07) is 15.3. The first kappa shape index (κ1) is 18.2. The summed E-state index contributed by atoms with van der Waals surface area (Å²) in [5.74, 6) is 0.775. The lowest BCUT2D eigenvalue weighted by molar-refractivity contribution is -0.113. The van der Waals surface area contributed by atoms with Crippen molar-refractivity contribution < 1.29 is 9.53 Å². The highest BCUT2D eigenvalue weighted by Gasteiger charge is 2.13. The Morgan fingerprint density at radius 1 is 1.18 bits per heavy atom. The first-order chi connectivity index (χ1) is 13.7. The van der Waals surface area contributed by atoms with Crippen LogP contribution in [0.25, 0.3) is 22.1 Å². The van der Waals surface area contributed by atoms with Gasteiger partial charge in [-0.05, 0) is 25.1 Å². The van der Waals surface area contributed by atoms with Crippen molar-refractivity contribution in [3.63, 3.8) is 0 Å². The van der Waals surface area contributed by atoms with Gasteiger partial charge in [-0.2, -0.15) is 0 Å². The van der Waals surface area contributed by atoms with Gasteiger partial charge in [0.15, 0.2) is 5.65 Å². The number of benzene rings is 2. The maximum Gasteiger partial charge on any atom is 0.234 e. The minimum Gasteiger partial charge on any atom is -0.494 e. The van der Waals surface area contributed by atoms with E-state index in [0.717, 1.165) is 27.8 Å². The van der Waals surface area contributed by atoms with Crippen molar-refractivity contribution in [3.05, 3.63) is 48.5 Å². The summed E-state index contributed by atoms with van der Waals surface area (Å²) in [7, 11) is 1.95. The van der Waals surface area contributed by atoms with Crippen LogP contribution in [-0.4, -0.2) is 38.0 Å². The van der Waals surface area contributed by atoms with Gasteiger partial charge in [0.25, 0.3) is 0 Å². The summed E-state index contributed by atoms with van der Waals surface area (Å²) in [5.41, 5.74) is 3.26. The van der Waals surface area contributed by atoms with Gasteiger partial charge in [-0.1, -0.05) is 36.0 Å². The number of hydrogen-bond donors (Lipinski definition) is 1. The molecule has 2 aromatic heterocycles. The maximum absolute atomic E-state index is 12.3. The molecule has 4 aromatic rings. The number of thioether (sulfide) groups is 1. The maximum atomic E-state index is 12.3. The largest absolute Gasteiger partial charge is 0.494 e. The van der Waals surface area contributed by atoms with Crippen LogP contribution in [0.5, 0.6) is 5.75 Å². The van der Waals surface area contributed by atoms with Crippen LogP contribution in [0.2, 0.25) is 0 Å². The first-order valence-electron chi connectivity index (χ1n) is 8.89. The van der Waals surface area contributed by atoms with Crippen LogP contribution in [0.1, 0.15) is 6.92 Å². The van der Waals surface area contributed by atoms with Gasteiger partial charge in [0.05, 0.1) is 17.9 Å². The molecule has 0 bridgehead atoms. The van der Waals surface area contributed by atoms with Crippen LogP contribution in [0.3, 0.4) is 0 Å². The lowest BCUT2D eigenvalue weighted by Crippen LogP contribution is -2.14. The van der Waals surface area contributed by atoms with Crippen molar-refractivity contribution in [2.45, 2.75) is 12.1 Å². The Hall–Kier alpha value is -3.13. The average molecular weight is 393 g/mol. The third kappa shape index (κ3) is 3.63. The van der Waals surface area contributed by atoms with E-state index in [9.17, 15) is 4.79 Å². The van der Waals surface area contributed by atoms with Gasteiger partial charge < -0.3 is 14.6 Å². The number of rotatable bonds is 6. The van der Waals surface area contributed by atoms with E-state index in [2.05, 4.69) is 20.5 Å². The molecular weight excluding hydrogens is 374 g/mol. The molecule has 142 valence electrons. The van der Waals surface area contributed by atoms with Gasteiger partial charge in [-0.25, -0.2) is 4.98 Å². The molecule has 8 heteroatoms. The van der Waals surface area contributed by atoms with E-state index in [1.807, 2.05) is 61.0 Å². The second-order valence-electron chi connectivity index (χ2n) is 6.14. The molecule has 0 unspecified atom stereocenters. The molecule has 28 heavy (non-hydrogen) atoms. The molecule has 0 spiro atoms. The van der Waals surface area contributed by atoms with Crippen molar-refractivity contribution in [3.8, 4) is 5.75 Å². The molecule has 0 aliphatic carbocycles. The highest BCUT2D eigenvalue weighted by atomic mass is 32.2. The third-order valence-electron chi connectivity index (χ3n) is 4.25. The quantitative estimate of drug-likeness (QED) is 0.504. The summed E-state index contributed by atoms with van der Waals surface area (Å²) in [6.07, 6.45) is 0. The number of carbonyl (C=O) groups excluding carboxylic acids is 1. The molecule has 2 heterocycles. The predicted octanol–water partition coefficient (Wildman–Crippen LogP) is 3.65. The Labute approximate surface area is 166 Å². The zero-order valence-electron chi connectivity index (χ0n) is 15.5. The topological polar surface area (TPSA) is 81.9 Å². The second kappa shape index (κ2) is 7.85. The molecule has 1 amide bonds. The van der Waals surface area contributed by atoms with E-state index in [1.165, 1.54) is 11.8 Å². The molecule has 2 aromatic carbocycles. The van der Waals surface area contributed by atoms with E-state index in [4.69, 9.17) is 4.74 Å². The van der Waals surface area contributed by atoms with E-state index in [0.29, 0.717) is 17.5 Å². The molecule has 0 atom stereocenters. The Morgan fingerprint density at radius 2 is 2.04 bits per heavy atom. The van der Waals surface area contributed by atoms with Crippen LogP contribution < -0.4 is 10.1 Å². The predicted molar refractivity (Wildman–Crippen MR) is 111 cm³/mol. The fraction of sp³-hybridized carbons (Fsp3) is 0.200. The van der Waals surface area contributed by atoms with Crippen molar-refractivity contribution >= 4 is 45.4 Å². The van der Waals surface area contributed by atoms with E-state index in [-0.39, 0.29) is 11.7 Å². The Balaban J connectivity index is 1.46. The highest BCUT2D eigenvalue weighted by molar-refractivity contribution is 7.99. The Morgan fingerprint density at radius 3 is 2.89 bits per heavy atom. The lowest BCUT2D eigenvalue weighted by atomic mass is 10.2. The van der Waals surface area contributed by atoms with Gasteiger partial charge in [0.1, 0.15) is 11.3 Å². The molecule has 0 fully saturated rings. The van der Waals surface area contributed by atoms with Gasteiger partial charge >= 0.3 is 0 Å². The minimum absolute atomic E-state index is 0.139. The SMILES string of the molecule is CCOc1cccc(NC(=O)CSc2nnc3c4ccccc4n(C)c3n2)c1. The van der Waals surface area contributed by atoms with Crippen molar-refractivity contribution in [1.29, 1.82) is 0 Å². The number of aryl methyl sites for hydroxylation is 1. The van der Waals surface area contributed by atoms with Crippen molar-refractivity contribution in [2.75, 3.05) is 17.7 Å². The van der Waals surface area contributed by atoms with Crippen LogP contribution in [-0.2, 0) is 11.8 Å². The van der Waals surface area contributed by atoms with Gasteiger partial charge in [0, 0.05) is 24.2 Å². The number of hydrogen-bond acceptors (Lipinski definition) is 6. The number of anilines is 1. The van der Waals surface area contributed by atoms with Crippen LogP contribution in [0.15, 0.2) is 53.7 Å². The molecule has 7 nitrogen and oxygen atoms in total. The van der Waals surface area contributed by atoms with E-state index < -0.39 is 0 Å². The van der Waals surface area contributed by atoms with E-state index >= 15 is 0 Å². The number of fused-ring (bicyclic) bond motifs is 3. The average Bonchev–Trinajstić information content (AvgIpc) is 2.99. The number of nitrogens with one attached hydrogen (secondary N) is 1. The van der Waals surface area contributed by atoms with Gasteiger partial charge in [-0.15, -0.1) is 10.2 Å². The van der Waals surface area contributed by atoms with Crippen LogP contribution in [0, 0.1) is 0 Å². The van der Waals surface area contributed by atoms with Gasteiger partial charge in [-0.3, -0.25) is 4.79 Å². The van der Waals surface area contributed by atoms with Crippen LogP contribution >= 0.6 is 11.8 Å². The molecular formula is C20H19N5O2S. The smallest absolute Gasteiger partial charge is 0.234 e. The van der Waals surface area contributed by atoms with Crippen molar-refractivity contribution in [1.82, 2.24) is 19.7 Å². The number of ether oxygens (including phenoxy) is 1. The number of nitrogens with zero attached hydrogens (tertiary/aromatic N) is 4. The standard InChI is InChI=1S/C20H19N5O2S/c1-3-27-14-8-6-7-13(11-14)21-17(26)12-28-20-22-19-18(23-24-20)15-9-4-5-10-16(15)25(19)2/h4-11H,3,12H2,1-2H3,(H,21,26). The zero-order valence-corrected chi connectivity index (χ0v) is 16.4. The summed E-state index contributed by atoms with van der Waals surface area (Å²) < 4.78 is 7.44. The third-order valence-corrected chi connectivity index (χ3v) is 5.09. The molecule has 0 aliphatic rings. The molecule has 0 saturated heterocycles. The normalized spacial score (nSPS) is 11.1. The van der Waals surface area contributed by atoms with Crippen molar-refractivity contribution in [2.24, 2.45) is 7.05 Å². The number of para-hydroxylation sites is 1. The minimum atomic E-state index is -0.139. The fourth-order valence-electron chi connectivity index (χ4n) is 3.01. The molecule has 0 saturated carbocycles. The lowest BCUT2D eigenvalue weighted by Gasteiger charge is -2.07. The summed E-state index contributed by atoms with van der Waals surface area (Å²) in [6.45, 7) is 2.50. The molecule has 0 radical (unpaired) electrons. The van der Waals surface area contributed by atoms with Gasteiger partial charge in [0.2, 0.25) is 11.1 Å². The monoisotopic (exact) mass is 393 g/mol.